The molecule has 1 aromatic rings. The van der Waals surface area contributed by atoms with Gasteiger partial charge in [0, 0.05) is 38.6 Å². The number of likely N-dealkylation sites (N-methyl/N-ethyl adjacent to an activating group) is 1. The van der Waals surface area contributed by atoms with Gasteiger partial charge in [-0.2, -0.15) is 4.98 Å². The van der Waals surface area contributed by atoms with Crippen LogP contribution in [0.1, 0.15) is 26.7 Å². The number of halogens is 1. The molecule has 0 aromatic carbocycles. The molecule has 0 spiro atoms. The van der Waals surface area contributed by atoms with Gasteiger partial charge in [0.25, 0.3) is 0 Å². The fourth-order valence-corrected chi connectivity index (χ4v) is 3.05. The Morgan fingerprint density at radius 2 is 2.30 bits per heavy atom. The number of hydrogen-bond acceptors (Lipinski definition) is 6. The van der Waals surface area contributed by atoms with Gasteiger partial charge in [0.15, 0.2) is 5.82 Å². The summed E-state index contributed by atoms with van der Waals surface area (Å²) in [5, 5.41) is 3.70. The molecule has 0 saturated carbocycles. The van der Waals surface area contributed by atoms with Gasteiger partial charge in [-0.05, 0) is 26.8 Å². The molecule has 1 aliphatic heterocycles. The Hall–Kier alpha value is -1.40. The lowest BCUT2D eigenvalue weighted by Crippen LogP contribution is -2.33. The van der Waals surface area contributed by atoms with Crippen molar-refractivity contribution in [3.8, 4) is 0 Å². The molecule has 0 bridgehead atoms. The van der Waals surface area contributed by atoms with Crippen LogP contribution in [0.15, 0.2) is 6.20 Å². The van der Waals surface area contributed by atoms with Crippen molar-refractivity contribution in [2.45, 2.75) is 26.7 Å². The van der Waals surface area contributed by atoms with Crippen molar-refractivity contribution < 1.29 is 4.79 Å². The molecule has 1 aromatic heterocycles. The van der Waals surface area contributed by atoms with Crippen molar-refractivity contribution in [3.05, 3.63) is 11.2 Å². The summed E-state index contributed by atoms with van der Waals surface area (Å²) >= 11 is 6.31. The van der Waals surface area contributed by atoms with Gasteiger partial charge in [0.1, 0.15) is 10.8 Å². The average Bonchev–Trinajstić information content (AvgIpc) is 3.02. The molecule has 1 aliphatic rings. The van der Waals surface area contributed by atoms with Gasteiger partial charge >= 0.3 is 0 Å². The van der Waals surface area contributed by atoms with E-state index in [9.17, 15) is 4.79 Å². The molecule has 128 valence electrons. The van der Waals surface area contributed by atoms with E-state index in [-0.39, 0.29) is 11.7 Å². The molecule has 0 radical (unpaired) electrons. The summed E-state index contributed by atoms with van der Waals surface area (Å²) in [6.45, 7) is 7.92. The van der Waals surface area contributed by atoms with Crippen LogP contribution in [0.4, 0.5) is 11.8 Å². The van der Waals surface area contributed by atoms with Gasteiger partial charge in [-0.3, -0.25) is 4.79 Å². The second-order valence-electron chi connectivity index (χ2n) is 5.97. The number of carbonyl (C=O) groups excluding carboxylic acids is 1. The van der Waals surface area contributed by atoms with Gasteiger partial charge in [0.05, 0.1) is 6.20 Å². The molecule has 1 saturated heterocycles. The van der Waals surface area contributed by atoms with E-state index in [1.807, 2.05) is 7.05 Å². The monoisotopic (exact) mass is 339 g/mol. The topological polar surface area (TPSA) is 61.4 Å². The number of nitrogens with zero attached hydrogens (tertiary/aromatic N) is 4. The van der Waals surface area contributed by atoms with E-state index < -0.39 is 0 Å². The third-order valence-corrected chi connectivity index (χ3v) is 4.45. The molecule has 0 amide bonds. The highest BCUT2D eigenvalue weighted by Crippen LogP contribution is 2.30. The maximum atomic E-state index is 11.6. The predicted octanol–water partition coefficient (Wildman–Crippen LogP) is 1.98. The SMILES string of the molecule is CCCN(CCNC)c1ncc(Cl)c(N2CC[C@@H](C(C)=O)C2)n1. The van der Waals surface area contributed by atoms with Crippen LogP contribution in [0, 0.1) is 5.92 Å². The minimum absolute atomic E-state index is 0.0838. The second-order valence-corrected chi connectivity index (χ2v) is 6.38. The van der Waals surface area contributed by atoms with Crippen LogP contribution in [0.2, 0.25) is 5.02 Å². The van der Waals surface area contributed by atoms with Crippen molar-refractivity contribution in [2.75, 3.05) is 49.6 Å². The van der Waals surface area contributed by atoms with Crippen LogP contribution in [0.5, 0.6) is 0 Å². The molecule has 1 N–H and O–H groups in total. The number of carbonyl (C=O) groups is 1. The highest BCUT2D eigenvalue weighted by Gasteiger charge is 2.28. The van der Waals surface area contributed by atoms with E-state index in [1.165, 1.54) is 0 Å². The molecule has 1 fully saturated rings. The Morgan fingerprint density at radius 3 is 2.91 bits per heavy atom. The largest absolute Gasteiger partial charge is 0.354 e. The Bertz CT molecular complexity index is 539. The lowest BCUT2D eigenvalue weighted by molar-refractivity contribution is -0.120. The zero-order chi connectivity index (χ0) is 16.8. The minimum atomic E-state index is 0.0838. The van der Waals surface area contributed by atoms with E-state index in [2.05, 4.69) is 32.0 Å². The Labute approximate surface area is 143 Å². The van der Waals surface area contributed by atoms with E-state index in [1.54, 1.807) is 13.1 Å². The summed E-state index contributed by atoms with van der Waals surface area (Å²) < 4.78 is 0. The van der Waals surface area contributed by atoms with E-state index in [0.717, 1.165) is 44.8 Å². The Kier molecular flexibility index (Phi) is 6.59. The highest BCUT2D eigenvalue weighted by molar-refractivity contribution is 6.32. The van der Waals surface area contributed by atoms with Crippen molar-refractivity contribution in [2.24, 2.45) is 5.92 Å². The average molecular weight is 340 g/mol. The third kappa shape index (κ3) is 4.54. The van der Waals surface area contributed by atoms with Crippen LogP contribution < -0.4 is 15.1 Å². The van der Waals surface area contributed by atoms with Crippen molar-refractivity contribution >= 4 is 29.2 Å². The van der Waals surface area contributed by atoms with Crippen LogP contribution in [0.25, 0.3) is 0 Å². The first-order chi connectivity index (χ1) is 11.1. The number of ketones is 1. The number of rotatable bonds is 8. The second kappa shape index (κ2) is 8.45. The number of nitrogens with one attached hydrogen (secondary N) is 1. The van der Waals surface area contributed by atoms with E-state index in [4.69, 9.17) is 11.6 Å². The molecule has 1 atom stereocenters. The van der Waals surface area contributed by atoms with Gasteiger partial charge in [-0.15, -0.1) is 0 Å². The molecule has 2 rings (SSSR count). The molecular weight excluding hydrogens is 314 g/mol. The van der Waals surface area contributed by atoms with Crippen LogP contribution >= 0.6 is 11.6 Å². The number of anilines is 2. The summed E-state index contributed by atoms with van der Waals surface area (Å²) in [5.41, 5.74) is 0. The standard InChI is InChI=1S/C16H26ClN5O/c1-4-7-21(9-6-18-3)16-19-10-14(17)15(20-16)22-8-5-13(11-22)12(2)23/h10,13,18H,4-9,11H2,1-3H3/t13-/m1/s1. The first-order valence-corrected chi connectivity index (χ1v) is 8.62. The van der Waals surface area contributed by atoms with Gasteiger partial charge in [0.2, 0.25) is 5.95 Å². The fourth-order valence-electron chi connectivity index (χ4n) is 2.84. The summed E-state index contributed by atoms with van der Waals surface area (Å²) in [6.07, 6.45) is 3.56. The fraction of sp³-hybridized carbons (Fsp3) is 0.688. The maximum absolute atomic E-state index is 11.6. The quantitative estimate of drug-likeness (QED) is 0.781. The first kappa shape index (κ1) is 17.9. The molecule has 2 heterocycles. The smallest absolute Gasteiger partial charge is 0.227 e. The molecule has 0 aliphatic carbocycles. The van der Waals surface area contributed by atoms with Crippen LogP contribution in [0.3, 0.4) is 0 Å². The number of Topliss-reactive ketones (excluding diaryl/α,β-unsaturated/α-hetero) is 1. The van der Waals surface area contributed by atoms with Crippen LogP contribution in [-0.2, 0) is 4.79 Å². The Balaban J connectivity index is 2.19. The first-order valence-electron chi connectivity index (χ1n) is 8.24. The number of aromatic nitrogens is 2. The summed E-state index contributed by atoms with van der Waals surface area (Å²) in [5.74, 6) is 1.76. The zero-order valence-electron chi connectivity index (χ0n) is 14.2. The molecular formula is C16H26ClN5O. The lowest BCUT2D eigenvalue weighted by Gasteiger charge is -2.24. The lowest BCUT2D eigenvalue weighted by atomic mass is 10.1. The van der Waals surface area contributed by atoms with Gasteiger partial charge < -0.3 is 15.1 Å². The van der Waals surface area contributed by atoms with Crippen molar-refractivity contribution in [1.29, 1.82) is 0 Å². The molecule has 0 unspecified atom stereocenters. The van der Waals surface area contributed by atoms with Crippen molar-refractivity contribution in [3.63, 3.8) is 0 Å². The Morgan fingerprint density at radius 1 is 1.52 bits per heavy atom. The zero-order valence-corrected chi connectivity index (χ0v) is 14.9. The van der Waals surface area contributed by atoms with E-state index in [0.29, 0.717) is 17.5 Å². The van der Waals surface area contributed by atoms with Crippen molar-refractivity contribution in [1.82, 2.24) is 15.3 Å². The van der Waals surface area contributed by atoms with Crippen LogP contribution in [-0.4, -0.2) is 55.5 Å². The summed E-state index contributed by atoms with van der Waals surface area (Å²) in [7, 11) is 1.93. The normalized spacial score (nSPS) is 17.6. The van der Waals surface area contributed by atoms with Gasteiger partial charge in [-0.25, -0.2) is 4.98 Å². The van der Waals surface area contributed by atoms with Gasteiger partial charge in [-0.1, -0.05) is 18.5 Å². The minimum Gasteiger partial charge on any atom is -0.354 e. The van der Waals surface area contributed by atoms with E-state index >= 15 is 0 Å². The highest BCUT2D eigenvalue weighted by atomic mass is 35.5. The summed E-state index contributed by atoms with van der Waals surface area (Å²) in [6, 6.07) is 0. The molecule has 7 heteroatoms. The third-order valence-electron chi connectivity index (χ3n) is 4.18. The maximum Gasteiger partial charge on any atom is 0.227 e. The predicted molar refractivity (Wildman–Crippen MR) is 94.5 cm³/mol. The summed E-state index contributed by atoms with van der Waals surface area (Å²) in [4.78, 5) is 24.9. The molecule has 6 nitrogen and oxygen atoms in total. The molecule has 23 heavy (non-hydrogen) atoms. The number of hydrogen-bond donors (Lipinski definition) is 1.